The minimum atomic E-state index is -0.784. The van der Waals surface area contributed by atoms with Gasteiger partial charge in [-0.25, -0.2) is 0 Å². The molecule has 3 heteroatoms. The Morgan fingerprint density at radius 3 is 1.66 bits per heavy atom. The minimum Gasteiger partial charge on any atom is -0.456 e. The lowest BCUT2D eigenvalue weighted by Crippen LogP contribution is -2.11. The molecule has 0 atom stereocenters. The average molecular weight is 792 g/mol. The van der Waals surface area contributed by atoms with E-state index in [4.69, 9.17) is 14.0 Å². The van der Waals surface area contributed by atoms with E-state index in [-0.39, 0.29) is 5.69 Å². The molecule has 0 aliphatic rings. The fraction of sp³-hybridized carbons (Fsp3) is 0. The second-order valence-corrected chi connectivity index (χ2v) is 14.7. The molecule has 0 aliphatic heterocycles. The number of hydrogen-bond donors (Lipinski definition) is 0. The van der Waals surface area contributed by atoms with Gasteiger partial charge in [0.1, 0.15) is 11.2 Å². The molecule has 286 valence electrons. The van der Waals surface area contributed by atoms with E-state index in [0.29, 0.717) is 28.1 Å². The molecule has 0 amide bonds. The largest absolute Gasteiger partial charge is 0.456 e. The van der Waals surface area contributed by atoms with Crippen molar-refractivity contribution in [3.05, 3.63) is 230 Å². The Labute approximate surface area is 371 Å². The zero-order chi connectivity index (χ0) is 51.6. The van der Waals surface area contributed by atoms with Crippen LogP contribution in [0.3, 0.4) is 0 Å². The van der Waals surface area contributed by atoms with E-state index in [1.807, 2.05) is 121 Å². The number of nitrogens with zero attached hydrogens (tertiary/aromatic N) is 2. The summed E-state index contributed by atoms with van der Waals surface area (Å²) >= 11 is 0. The van der Waals surface area contributed by atoms with Crippen LogP contribution < -0.4 is 4.90 Å². The molecule has 12 rings (SSSR count). The third kappa shape index (κ3) is 5.90. The molecule has 0 fully saturated rings. The maximum Gasteiger partial charge on any atom is 0.136 e. The van der Waals surface area contributed by atoms with E-state index in [1.165, 1.54) is 0 Å². The van der Waals surface area contributed by atoms with Crippen LogP contribution in [0, 0.1) is 0 Å². The lowest BCUT2D eigenvalue weighted by atomic mass is 9.96. The number of benzene rings is 10. The van der Waals surface area contributed by atoms with Gasteiger partial charge in [-0.1, -0.05) is 157 Å². The summed E-state index contributed by atoms with van der Waals surface area (Å²) in [6.45, 7) is 0. The van der Waals surface area contributed by atoms with E-state index in [2.05, 4.69) is 34.9 Å². The highest BCUT2D eigenvalue weighted by Gasteiger charge is 2.21. The zero-order valence-corrected chi connectivity index (χ0v) is 32.2. The molecule has 0 bridgehead atoms. The standard InChI is InChI=1S/C58H38N2O/c1-2-13-39(14-3-1)40-25-27-41(28-26-40)42-29-31-45(32-30-42)59(46-33-35-47(36-34-46)60-54-22-10-6-17-48(54)49-18-7-11-23-55(49)60)53-21-9-8-19-50(53)51-20-12-24-56-58(51)52-37-43-15-4-5-16-44(43)38-57(52)61-56/h1-38H/i1D,2D,3D,13D,14D,25D,26D,27D,28D,29D,30D,31D,32D. The molecule has 2 heterocycles. The number of aromatic nitrogens is 1. The highest BCUT2D eigenvalue weighted by Crippen LogP contribution is 2.46. The summed E-state index contributed by atoms with van der Waals surface area (Å²) in [7, 11) is 0. The molecular weight excluding hydrogens is 741 g/mol. The highest BCUT2D eigenvalue weighted by molar-refractivity contribution is 6.16. The van der Waals surface area contributed by atoms with Crippen LogP contribution in [0.25, 0.3) is 93.6 Å². The predicted molar refractivity (Wildman–Crippen MR) is 257 cm³/mol. The summed E-state index contributed by atoms with van der Waals surface area (Å²) in [6.07, 6.45) is 0. The van der Waals surface area contributed by atoms with Gasteiger partial charge >= 0.3 is 0 Å². The van der Waals surface area contributed by atoms with Crippen LogP contribution in [0.2, 0.25) is 0 Å². The Morgan fingerprint density at radius 2 is 0.967 bits per heavy atom. The summed E-state index contributed by atoms with van der Waals surface area (Å²) in [6, 6.07) is 40.1. The van der Waals surface area contributed by atoms with Crippen molar-refractivity contribution in [3.63, 3.8) is 0 Å². The first-order valence-corrected chi connectivity index (χ1v) is 19.8. The van der Waals surface area contributed by atoms with Crippen LogP contribution in [-0.2, 0) is 0 Å². The summed E-state index contributed by atoms with van der Waals surface area (Å²) in [5, 5.41) is 5.88. The first-order chi connectivity index (χ1) is 35.7. The monoisotopic (exact) mass is 791 g/mol. The molecule has 0 aliphatic carbocycles. The molecule has 0 radical (unpaired) electrons. The topological polar surface area (TPSA) is 21.3 Å². The van der Waals surface area contributed by atoms with Crippen molar-refractivity contribution in [2.24, 2.45) is 0 Å². The van der Waals surface area contributed by atoms with Gasteiger partial charge in [-0.3, -0.25) is 0 Å². The van der Waals surface area contributed by atoms with E-state index < -0.39 is 101 Å². The first kappa shape index (κ1) is 24.1. The molecule has 61 heavy (non-hydrogen) atoms. The van der Waals surface area contributed by atoms with Crippen LogP contribution in [0.5, 0.6) is 0 Å². The summed E-state index contributed by atoms with van der Waals surface area (Å²) < 4.78 is 126. The van der Waals surface area contributed by atoms with Crippen molar-refractivity contribution < 1.29 is 22.2 Å². The quantitative estimate of drug-likeness (QED) is 0.160. The normalized spacial score (nSPS) is 14.6. The lowest BCUT2D eigenvalue weighted by molar-refractivity contribution is 0.669. The summed E-state index contributed by atoms with van der Waals surface area (Å²) in [5.41, 5.74) is 4.20. The Balaban J connectivity index is 1.10. The maximum atomic E-state index is 9.83. The number of fused-ring (bicyclic) bond motifs is 7. The average Bonchev–Trinajstić information content (AvgIpc) is 3.97. The van der Waals surface area contributed by atoms with Crippen molar-refractivity contribution in [2.75, 3.05) is 4.90 Å². The fourth-order valence-electron chi connectivity index (χ4n) is 8.45. The minimum absolute atomic E-state index is 0.165. The molecule has 0 N–H and O–H groups in total. The van der Waals surface area contributed by atoms with Gasteiger partial charge in [-0.05, 0) is 111 Å². The Bertz CT molecular complexity index is 4230. The van der Waals surface area contributed by atoms with E-state index in [0.717, 1.165) is 54.6 Å². The van der Waals surface area contributed by atoms with E-state index in [9.17, 15) is 8.22 Å². The fourth-order valence-corrected chi connectivity index (χ4v) is 8.45. The maximum absolute atomic E-state index is 9.83. The summed E-state index contributed by atoms with van der Waals surface area (Å²) in [4.78, 5) is 1.67. The molecule has 0 spiro atoms. The SMILES string of the molecule is [2H]c1c([2H])c([2H])c(-c2c([2H])c([2H])c(-c3c([2H])c([2H])c(N(c4ccc(-n5c6ccccc6c6ccccc65)cc4)c4ccccc4-c4cccc5oc6cc7ccccc7cc6c45)c([2H])c3[2H])c([2H])c2[2H])c([2H])c1[2H]. The highest BCUT2D eigenvalue weighted by atomic mass is 16.3. The Morgan fingerprint density at radius 1 is 0.410 bits per heavy atom. The third-order valence-electron chi connectivity index (χ3n) is 11.2. The third-order valence-corrected chi connectivity index (χ3v) is 11.2. The van der Waals surface area contributed by atoms with Gasteiger partial charge in [0.25, 0.3) is 0 Å². The second-order valence-electron chi connectivity index (χ2n) is 14.7. The van der Waals surface area contributed by atoms with Gasteiger partial charge in [0, 0.05) is 44.2 Å². The van der Waals surface area contributed by atoms with Crippen LogP contribution in [-0.4, -0.2) is 4.57 Å². The number of furan rings is 1. The zero-order valence-electron chi connectivity index (χ0n) is 45.2. The van der Waals surface area contributed by atoms with Gasteiger partial charge in [0.2, 0.25) is 0 Å². The van der Waals surface area contributed by atoms with Crippen LogP contribution >= 0.6 is 0 Å². The second kappa shape index (κ2) is 14.3. The molecular formula is C58H38N2O. The van der Waals surface area contributed by atoms with Crippen molar-refractivity contribution in [3.8, 4) is 39.1 Å². The van der Waals surface area contributed by atoms with Crippen molar-refractivity contribution in [1.29, 1.82) is 0 Å². The van der Waals surface area contributed by atoms with Crippen molar-refractivity contribution in [2.45, 2.75) is 0 Å². The van der Waals surface area contributed by atoms with Gasteiger partial charge in [0.15, 0.2) is 0 Å². The van der Waals surface area contributed by atoms with Gasteiger partial charge in [-0.15, -0.1) is 0 Å². The molecule has 2 aromatic heterocycles. The molecule has 0 saturated carbocycles. The molecule has 0 saturated heterocycles. The lowest BCUT2D eigenvalue weighted by Gasteiger charge is -2.28. The van der Waals surface area contributed by atoms with Crippen molar-refractivity contribution >= 4 is 71.6 Å². The number of rotatable bonds is 7. The van der Waals surface area contributed by atoms with Crippen LogP contribution in [0.4, 0.5) is 17.1 Å². The number of hydrogen-bond acceptors (Lipinski definition) is 2. The number of anilines is 3. The Kier molecular flexibility index (Phi) is 5.64. The van der Waals surface area contributed by atoms with Crippen molar-refractivity contribution in [1.82, 2.24) is 4.57 Å². The van der Waals surface area contributed by atoms with Gasteiger partial charge in [0.05, 0.1) is 34.5 Å². The summed E-state index contributed by atoms with van der Waals surface area (Å²) in [5.74, 6) is 0. The predicted octanol–water partition coefficient (Wildman–Crippen LogP) is 16.3. The smallest absolute Gasteiger partial charge is 0.136 e. The van der Waals surface area contributed by atoms with E-state index >= 15 is 0 Å². The molecule has 12 aromatic rings. The first-order valence-electron chi connectivity index (χ1n) is 26.3. The van der Waals surface area contributed by atoms with Gasteiger partial charge in [-0.2, -0.15) is 0 Å². The molecule has 10 aromatic carbocycles. The van der Waals surface area contributed by atoms with Gasteiger partial charge < -0.3 is 13.9 Å². The molecule has 0 unspecified atom stereocenters. The number of para-hydroxylation sites is 3. The van der Waals surface area contributed by atoms with Crippen LogP contribution in [0.1, 0.15) is 17.8 Å². The Hall–Kier alpha value is -8.14. The molecule has 3 nitrogen and oxygen atoms in total. The van der Waals surface area contributed by atoms with E-state index in [1.54, 1.807) is 4.90 Å². The van der Waals surface area contributed by atoms with Crippen LogP contribution in [0.15, 0.2) is 235 Å².